The molecule has 1 aromatic carbocycles. The summed E-state index contributed by atoms with van der Waals surface area (Å²) < 4.78 is 10.4. The molecule has 1 atom stereocenters. The van der Waals surface area contributed by atoms with Crippen molar-refractivity contribution in [3.8, 4) is 11.6 Å². The van der Waals surface area contributed by atoms with Crippen molar-refractivity contribution in [2.45, 2.75) is 33.0 Å². The van der Waals surface area contributed by atoms with Crippen LogP contribution in [0.3, 0.4) is 0 Å². The molecule has 0 saturated carbocycles. The Balaban J connectivity index is 1.29. The number of aromatic nitrogens is 3. The van der Waals surface area contributed by atoms with Gasteiger partial charge in [0, 0.05) is 44.0 Å². The average molecular weight is 405 g/mol. The molecule has 2 aliphatic rings. The topological polar surface area (TPSA) is 93.4 Å². The first-order valence-corrected chi connectivity index (χ1v) is 10.1. The Bertz CT molecular complexity index is 1090. The van der Waals surface area contributed by atoms with Crippen LogP contribution in [0.25, 0.3) is 11.6 Å². The van der Waals surface area contributed by atoms with Gasteiger partial charge in [-0.2, -0.15) is 4.98 Å². The Kier molecular flexibility index (Phi) is 4.80. The smallest absolute Gasteiger partial charge is 0.338 e. The molecule has 3 aromatic rings. The molecule has 2 aliphatic heterocycles. The van der Waals surface area contributed by atoms with Crippen molar-refractivity contribution in [2.24, 2.45) is 0 Å². The highest BCUT2D eigenvalue weighted by molar-refractivity contribution is 5.94. The number of piperazine rings is 1. The average Bonchev–Trinajstić information content (AvgIpc) is 3.35. The second kappa shape index (κ2) is 7.62. The number of carbonyl (C=O) groups excluding carboxylic acids is 1. The van der Waals surface area contributed by atoms with Crippen LogP contribution in [0.5, 0.6) is 0 Å². The Labute approximate surface area is 174 Å². The molecule has 8 nitrogen and oxygen atoms in total. The Hall–Kier alpha value is -3.10. The molecule has 1 fully saturated rings. The van der Waals surface area contributed by atoms with Crippen LogP contribution < -0.4 is 5.32 Å². The van der Waals surface area contributed by atoms with Crippen molar-refractivity contribution in [3.63, 3.8) is 0 Å². The summed E-state index contributed by atoms with van der Waals surface area (Å²) in [6.45, 7) is 7.82. The van der Waals surface area contributed by atoms with Gasteiger partial charge in [0.15, 0.2) is 5.82 Å². The molecule has 2 aromatic heterocycles. The highest BCUT2D eigenvalue weighted by atomic mass is 16.5. The van der Waals surface area contributed by atoms with Gasteiger partial charge in [-0.1, -0.05) is 17.3 Å². The van der Waals surface area contributed by atoms with E-state index in [0.29, 0.717) is 29.6 Å². The van der Waals surface area contributed by atoms with Crippen LogP contribution in [0.2, 0.25) is 0 Å². The van der Waals surface area contributed by atoms with Crippen LogP contribution in [0, 0.1) is 13.8 Å². The lowest BCUT2D eigenvalue weighted by Gasteiger charge is -2.34. The van der Waals surface area contributed by atoms with E-state index in [1.165, 1.54) is 5.56 Å². The largest absolute Gasteiger partial charge is 0.457 e. The van der Waals surface area contributed by atoms with E-state index in [1.807, 2.05) is 18.3 Å². The number of nitrogens with one attached hydrogen (secondary N) is 1. The number of carbonyl (C=O) groups is 1. The van der Waals surface area contributed by atoms with E-state index in [1.54, 1.807) is 6.92 Å². The third-order valence-electron chi connectivity index (χ3n) is 5.82. The molecule has 1 N–H and O–H groups in total. The Morgan fingerprint density at radius 1 is 1.23 bits per heavy atom. The predicted octanol–water partition coefficient (Wildman–Crippen LogP) is 2.57. The first-order valence-electron chi connectivity index (χ1n) is 10.1. The van der Waals surface area contributed by atoms with E-state index < -0.39 is 0 Å². The maximum Gasteiger partial charge on any atom is 0.338 e. The molecule has 8 heteroatoms. The Morgan fingerprint density at radius 3 is 2.90 bits per heavy atom. The number of pyridine rings is 1. The maximum absolute atomic E-state index is 11.8. The van der Waals surface area contributed by atoms with Gasteiger partial charge in [-0.15, -0.1) is 0 Å². The predicted molar refractivity (Wildman–Crippen MR) is 109 cm³/mol. The molecule has 154 valence electrons. The highest BCUT2D eigenvalue weighted by Gasteiger charge is 2.28. The van der Waals surface area contributed by atoms with E-state index in [9.17, 15) is 4.79 Å². The zero-order chi connectivity index (χ0) is 20.7. The fourth-order valence-electron chi connectivity index (χ4n) is 4.21. The summed E-state index contributed by atoms with van der Waals surface area (Å²) in [7, 11) is 0. The van der Waals surface area contributed by atoms with E-state index >= 15 is 0 Å². The third-order valence-corrected chi connectivity index (χ3v) is 5.82. The summed E-state index contributed by atoms with van der Waals surface area (Å²) in [6, 6.07) is 8.15. The molecule has 4 heterocycles. The van der Waals surface area contributed by atoms with E-state index in [4.69, 9.17) is 9.26 Å². The fraction of sp³-hybridized carbons (Fsp3) is 0.364. The van der Waals surface area contributed by atoms with E-state index in [-0.39, 0.29) is 12.0 Å². The number of hydrogen-bond donors (Lipinski definition) is 1. The van der Waals surface area contributed by atoms with Crippen molar-refractivity contribution in [1.29, 1.82) is 0 Å². The lowest BCUT2D eigenvalue weighted by Crippen LogP contribution is -2.45. The van der Waals surface area contributed by atoms with Crippen molar-refractivity contribution >= 4 is 5.97 Å². The number of aryl methyl sites for hydroxylation is 1. The molecule has 0 aliphatic carbocycles. The number of hydrogen-bond acceptors (Lipinski definition) is 8. The van der Waals surface area contributed by atoms with Gasteiger partial charge in [-0.25, -0.2) is 4.79 Å². The molecule has 30 heavy (non-hydrogen) atoms. The molecule has 1 saturated heterocycles. The molecule has 1 unspecified atom stereocenters. The summed E-state index contributed by atoms with van der Waals surface area (Å²) in [5.74, 6) is 0.820. The van der Waals surface area contributed by atoms with Gasteiger partial charge in [0.25, 0.3) is 5.89 Å². The number of cyclic esters (lactones) is 1. The van der Waals surface area contributed by atoms with E-state index in [0.717, 1.165) is 42.9 Å². The van der Waals surface area contributed by atoms with Gasteiger partial charge in [-0.05, 0) is 42.7 Å². The minimum absolute atomic E-state index is 0.216. The minimum atomic E-state index is -0.218. The van der Waals surface area contributed by atoms with Crippen LogP contribution in [0.15, 0.2) is 35.0 Å². The van der Waals surface area contributed by atoms with Gasteiger partial charge < -0.3 is 14.6 Å². The molecule has 0 radical (unpaired) electrons. The number of esters is 1. The van der Waals surface area contributed by atoms with Crippen LogP contribution in [0.4, 0.5) is 0 Å². The molecule has 5 rings (SSSR count). The van der Waals surface area contributed by atoms with Crippen molar-refractivity contribution in [2.75, 3.05) is 19.6 Å². The molecule has 0 amide bonds. The lowest BCUT2D eigenvalue weighted by molar-refractivity contribution is 0.0535. The summed E-state index contributed by atoms with van der Waals surface area (Å²) in [5.41, 5.74) is 5.93. The zero-order valence-corrected chi connectivity index (χ0v) is 17.0. The molecular formula is C22H23N5O3. The van der Waals surface area contributed by atoms with E-state index in [2.05, 4.69) is 44.4 Å². The normalized spacial score (nSPS) is 19.0. The summed E-state index contributed by atoms with van der Waals surface area (Å²) in [6.07, 6.45) is 1.87. The minimum Gasteiger partial charge on any atom is -0.457 e. The van der Waals surface area contributed by atoms with Crippen LogP contribution in [0.1, 0.15) is 44.5 Å². The monoisotopic (exact) mass is 405 g/mol. The molecule has 0 spiro atoms. The SMILES string of the molecule is Cc1noc(-c2ccc(CN3CCNC(c4ccc5c(c4C)COC5=O)C3)cn2)n1. The van der Waals surface area contributed by atoms with Crippen LogP contribution >= 0.6 is 0 Å². The second-order valence-electron chi connectivity index (χ2n) is 7.82. The van der Waals surface area contributed by atoms with Gasteiger partial charge >= 0.3 is 5.97 Å². The van der Waals surface area contributed by atoms with Crippen LogP contribution in [-0.2, 0) is 17.9 Å². The summed E-state index contributed by atoms with van der Waals surface area (Å²) in [5, 5.41) is 7.43. The number of rotatable bonds is 4. The number of nitrogens with zero attached hydrogens (tertiary/aromatic N) is 4. The van der Waals surface area contributed by atoms with Gasteiger partial charge in [0.2, 0.25) is 0 Å². The van der Waals surface area contributed by atoms with Gasteiger partial charge in [-0.3, -0.25) is 9.88 Å². The first-order chi connectivity index (χ1) is 14.6. The summed E-state index contributed by atoms with van der Waals surface area (Å²) >= 11 is 0. The molecule has 0 bridgehead atoms. The van der Waals surface area contributed by atoms with Gasteiger partial charge in [0.05, 0.1) is 5.56 Å². The zero-order valence-electron chi connectivity index (χ0n) is 17.0. The summed E-state index contributed by atoms with van der Waals surface area (Å²) in [4.78, 5) is 22.9. The first kappa shape index (κ1) is 18.9. The number of ether oxygens (including phenoxy) is 1. The fourth-order valence-corrected chi connectivity index (χ4v) is 4.21. The second-order valence-corrected chi connectivity index (χ2v) is 7.82. The lowest BCUT2D eigenvalue weighted by atomic mass is 9.93. The standard InChI is InChI=1S/C22H23N5O3/c1-13-16(4-5-17-18(13)12-29-22(17)28)20-11-27(8-7-23-20)10-15-3-6-19(24-9-15)21-25-14(2)26-30-21/h3-6,9,20,23H,7-8,10-12H2,1-2H3. The number of benzene rings is 1. The van der Waals surface area contributed by atoms with Crippen molar-refractivity contribution in [1.82, 2.24) is 25.3 Å². The number of fused-ring (bicyclic) bond motifs is 1. The van der Waals surface area contributed by atoms with Crippen molar-refractivity contribution in [3.05, 3.63) is 64.1 Å². The maximum atomic E-state index is 11.8. The Morgan fingerprint density at radius 2 is 2.13 bits per heavy atom. The quantitative estimate of drug-likeness (QED) is 0.662. The third kappa shape index (κ3) is 3.48. The van der Waals surface area contributed by atoms with Crippen LogP contribution in [-0.4, -0.2) is 45.6 Å². The highest BCUT2D eigenvalue weighted by Crippen LogP contribution is 2.30. The molecular weight excluding hydrogens is 382 g/mol. The van der Waals surface area contributed by atoms with Crippen molar-refractivity contribution < 1.29 is 14.1 Å². The van der Waals surface area contributed by atoms with Gasteiger partial charge in [0.1, 0.15) is 12.3 Å².